The Morgan fingerprint density at radius 3 is 2.10 bits per heavy atom. The lowest BCUT2D eigenvalue weighted by Crippen LogP contribution is -2.42. The van der Waals surface area contributed by atoms with E-state index < -0.39 is 13.7 Å². The third kappa shape index (κ3) is 4.60. The van der Waals surface area contributed by atoms with Gasteiger partial charge in [-0.25, -0.2) is 4.79 Å². The third-order valence-electron chi connectivity index (χ3n) is 3.98. The van der Waals surface area contributed by atoms with E-state index in [1.807, 2.05) is 45.0 Å². The average Bonchev–Trinajstić information content (AvgIpc) is 2.37. The van der Waals surface area contributed by atoms with Gasteiger partial charge in [-0.3, -0.25) is 0 Å². The van der Waals surface area contributed by atoms with Gasteiger partial charge in [0.25, 0.3) is 0 Å². The van der Waals surface area contributed by atoms with E-state index in [1.165, 1.54) is 17.8 Å². The van der Waals surface area contributed by atoms with Crippen LogP contribution >= 0.6 is 0 Å². The van der Waals surface area contributed by atoms with Crippen molar-refractivity contribution in [2.24, 2.45) is 0 Å². The van der Waals surface area contributed by atoms with Gasteiger partial charge >= 0.3 is 5.97 Å². The number of esters is 1. The van der Waals surface area contributed by atoms with E-state index in [0.717, 1.165) is 13.1 Å². The molecule has 0 aliphatic carbocycles. The molecule has 0 aromatic heterocycles. The number of anilines is 1. The fraction of sp³-hybridized carbons (Fsp3) is 0.588. The van der Waals surface area contributed by atoms with Crippen LogP contribution in [0, 0.1) is 0 Å². The summed E-state index contributed by atoms with van der Waals surface area (Å²) in [7, 11) is -0.937. The van der Waals surface area contributed by atoms with Crippen LogP contribution in [0.1, 0.15) is 31.1 Å². The summed E-state index contributed by atoms with van der Waals surface area (Å²) in [5.41, 5.74) is 1.39. The quantitative estimate of drug-likeness (QED) is 0.606. The normalized spacial score (nSPS) is 18.4. The van der Waals surface area contributed by atoms with Gasteiger partial charge in [-0.15, -0.1) is 0 Å². The van der Waals surface area contributed by atoms with Crippen LogP contribution in [0.15, 0.2) is 24.3 Å². The highest BCUT2D eigenvalue weighted by Gasteiger charge is 2.27. The topological polar surface area (TPSA) is 29.5 Å². The maximum absolute atomic E-state index is 12.0. The summed E-state index contributed by atoms with van der Waals surface area (Å²) < 4.78 is 5.39. The van der Waals surface area contributed by atoms with Crippen molar-refractivity contribution in [1.29, 1.82) is 0 Å². The number of hydrogen-bond donors (Lipinski definition) is 0. The highest BCUT2D eigenvalue weighted by Crippen LogP contribution is 2.26. The maximum Gasteiger partial charge on any atom is 0.338 e. The lowest BCUT2D eigenvalue weighted by atomic mass is 10.1. The van der Waals surface area contributed by atoms with Gasteiger partial charge in [-0.05, 0) is 57.1 Å². The van der Waals surface area contributed by atoms with Crippen molar-refractivity contribution in [1.82, 2.24) is 0 Å². The first-order chi connectivity index (χ1) is 9.66. The molecule has 0 N–H and O–H groups in total. The maximum atomic E-state index is 12.0. The van der Waals surface area contributed by atoms with Crippen LogP contribution in [-0.4, -0.2) is 32.7 Å². The number of carbonyl (C=O) groups is 1. The summed E-state index contributed by atoms with van der Waals surface area (Å²) >= 11 is 0. The van der Waals surface area contributed by atoms with Gasteiger partial charge in [-0.1, -0.05) is 13.1 Å². The molecule has 116 valence electrons. The lowest BCUT2D eigenvalue weighted by Gasteiger charge is -2.37. The number of ether oxygens (including phenoxy) is 1. The van der Waals surface area contributed by atoms with Crippen LogP contribution in [0.5, 0.6) is 0 Å². The predicted octanol–water partition coefficient (Wildman–Crippen LogP) is 4.17. The molecule has 0 saturated carbocycles. The van der Waals surface area contributed by atoms with Crippen LogP contribution in [0.3, 0.4) is 0 Å². The van der Waals surface area contributed by atoms with E-state index in [2.05, 4.69) is 18.0 Å². The van der Waals surface area contributed by atoms with E-state index in [9.17, 15) is 4.79 Å². The van der Waals surface area contributed by atoms with Crippen LogP contribution in [-0.2, 0) is 4.74 Å². The molecule has 3 nitrogen and oxygen atoms in total. The van der Waals surface area contributed by atoms with Crippen molar-refractivity contribution in [2.75, 3.05) is 18.0 Å². The third-order valence-corrected chi connectivity index (χ3v) is 7.14. The fourth-order valence-corrected chi connectivity index (χ4v) is 4.52. The molecule has 0 bridgehead atoms. The minimum absolute atomic E-state index is 0.249. The van der Waals surface area contributed by atoms with E-state index in [4.69, 9.17) is 4.74 Å². The van der Waals surface area contributed by atoms with Crippen LogP contribution in [0.4, 0.5) is 5.69 Å². The van der Waals surface area contributed by atoms with Crippen molar-refractivity contribution < 1.29 is 9.53 Å². The molecule has 1 aliphatic rings. The zero-order valence-electron chi connectivity index (χ0n) is 13.9. The predicted molar refractivity (Wildman–Crippen MR) is 90.9 cm³/mol. The molecule has 4 heteroatoms. The SMILES string of the molecule is CC(C)(C)OC(=O)c1ccc(N2CC[Si](C)(C)CC2)cc1. The highest BCUT2D eigenvalue weighted by molar-refractivity contribution is 6.77. The largest absolute Gasteiger partial charge is 0.456 e. The van der Waals surface area contributed by atoms with Crippen molar-refractivity contribution in [3.63, 3.8) is 0 Å². The van der Waals surface area contributed by atoms with Gasteiger partial charge in [0.05, 0.1) is 13.6 Å². The van der Waals surface area contributed by atoms with Gasteiger partial charge in [-0.2, -0.15) is 0 Å². The second-order valence-electron chi connectivity index (χ2n) is 7.70. The molecule has 1 aromatic carbocycles. The molecule has 0 atom stereocenters. The molecule has 1 saturated heterocycles. The Bertz CT molecular complexity index is 493. The minimum Gasteiger partial charge on any atom is -0.456 e. The number of nitrogens with zero attached hydrogens (tertiary/aromatic N) is 1. The molecular weight excluding hydrogens is 278 g/mol. The molecule has 0 amide bonds. The molecule has 1 fully saturated rings. The summed E-state index contributed by atoms with van der Waals surface area (Å²) in [6.45, 7) is 12.9. The van der Waals surface area contributed by atoms with Gasteiger partial charge in [0.2, 0.25) is 0 Å². The number of hydrogen-bond acceptors (Lipinski definition) is 3. The van der Waals surface area contributed by atoms with E-state index in [1.54, 1.807) is 0 Å². The minimum atomic E-state index is -0.937. The van der Waals surface area contributed by atoms with Gasteiger partial charge < -0.3 is 9.64 Å². The van der Waals surface area contributed by atoms with E-state index >= 15 is 0 Å². The van der Waals surface area contributed by atoms with Crippen LogP contribution < -0.4 is 4.90 Å². The monoisotopic (exact) mass is 305 g/mol. The lowest BCUT2D eigenvalue weighted by molar-refractivity contribution is 0.00696. The molecule has 21 heavy (non-hydrogen) atoms. The van der Waals surface area contributed by atoms with E-state index in [-0.39, 0.29) is 5.97 Å². The first-order valence-electron chi connectivity index (χ1n) is 7.75. The summed E-state index contributed by atoms with van der Waals surface area (Å²) in [4.78, 5) is 14.4. The molecular formula is C17H27NO2Si. The zero-order valence-corrected chi connectivity index (χ0v) is 14.9. The molecule has 0 radical (unpaired) electrons. The summed E-state index contributed by atoms with van der Waals surface area (Å²) in [5.74, 6) is -0.249. The average molecular weight is 305 g/mol. The second-order valence-corrected chi connectivity index (χ2v) is 13.0. The molecule has 0 unspecified atom stereocenters. The smallest absolute Gasteiger partial charge is 0.338 e. The number of carbonyl (C=O) groups excluding carboxylic acids is 1. The Balaban J connectivity index is 2.01. The first kappa shape index (κ1) is 16.1. The fourth-order valence-electron chi connectivity index (χ4n) is 2.52. The van der Waals surface area contributed by atoms with E-state index in [0.29, 0.717) is 5.56 Å². The van der Waals surface area contributed by atoms with Crippen molar-refractivity contribution in [2.45, 2.75) is 51.6 Å². The number of rotatable bonds is 2. The molecule has 2 rings (SSSR count). The first-order valence-corrected chi connectivity index (χ1v) is 11.2. The highest BCUT2D eigenvalue weighted by atomic mass is 28.3. The number of benzene rings is 1. The van der Waals surface area contributed by atoms with Crippen LogP contribution in [0.25, 0.3) is 0 Å². The Kier molecular flexibility index (Phi) is 4.47. The van der Waals surface area contributed by atoms with Crippen molar-refractivity contribution >= 4 is 19.7 Å². The van der Waals surface area contributed by atoms with Crippen molar-refractivity contribution in [3.05, 3.63) is 29.8 Å². The van der Waals surface area contributed by atoms with Gasteiger partial charge in [0.1, 0.15) is 5.60 Å². The molecule has 1 aromatic rings. The Hall–Kier alpha value is -1.29. The molecule has 0 spiro atoms. The van der Waals surface area contributed by atoms with Gasteiger partial charge in [0, 0.05) is 18.8 Å². The molecule has 1 heterocycles. The van der Waals surface area contributed by atoms with Crippen molar-refractivity contribution in [3.8, 4) is 0 Å². The summed E-state index contributed by atoms with van der Waals surface area (Å²) in [5, 5.41) is 0. The Morgan fingerprint density at radius 2 is 1.62 bits per heavy atom. The van der Waals surface area contributed by atoms with Gasteiger partial charge in [0.15, 0.2) is 0 Å². The second kappa shape index (κ2) is 5.83. The molecule has 1 aliphatic heterocycles. The Morgan fingerprint density at radius 1 is 1.10 bits per heavy atom. The Labute approximate surface area is 129 Å². The van der Waals surface area contributed by atoms with Crippen LogP contribution in [0.2, 0.25) is 25.2 Å². The summed E-state index contributed by atoms with van der Waals surface area (Å²) in [6, 6.07) is 10.5. The standard InChI is InChI=1S/C17H27NO2Si/c1-17(2,3)20-16(19)14-6-8-15(9-7-14)18-10-12-21(4,5)13-11-18/h6-9H,10-13H2,1-5H3. The summed E-state index contributed by atoms with van der Waals surface area (Å²) in [6.07, 6.45) is 0. The zero-order chi connectivity index (χ0) is 15.7.